The predicted molar refractivity (Wildman–Crippen MR) is 108 cm³/mol. The summed E-state index contributed by atoms with van der Waals surface area (Å²) in [6.45, 7) is 0. The molecule has 1 rings (SSSR count). The van der Waals surface area contributed by atoms with Crippen molar-refractivity contribution >= 4 is 21.6 Å². The van der Waals surface area contributed by atoms with E-state index in [1.54, 1.807) is 12.1 Å². The van der Waals surface area contributed by atoms with Gasteiger partial charge >= 0.3 is 0 Å². The Balaban J connectivity index is 2.18. The molecule has 1 amide bonds. The summed E-state index contributed by atoms with van der Waals surface area (Å²) in [7, 11) is -0.535. The molecular weight excluding hydrogens is 386 g/mol. The molecule has 0 aromatic heterocycles. The van der Waals surface area contributed by atoms with Gasteiger partial charge in [0.2, 0.25) is 15.9 Å². The molecule has 1 aromatic carbocycles. The SMILES string of the molecule is CN(C)S(=O)(=O)c1ccc(NC(=O)CCCCCCCCCC=C(F)F)cc1. The number of carbonyl (C=O) groups is 1. The molecule has 1 N–H and O–H groups in total. The van der Waals surface area contributed by atoms with Gasteiger partial charge in [0, 0.05) is 26.2 Å². The van der Waals surface area contributed by atoms with Crippen LogP contribution in [0.1, 0.15) is 57.8 Å². The van der Waals surface area contributed by atoms with E-state index in [-0.39, 0.29) is 10.8 Å². The lowest BCUT2D eigenvalue weighted by atomic mass is 10.1. The highest BCUT2D eigenvalue weighted by molar-refractivity contribution is 7.89. The van der Waals surface area contributed by atoms with E-state index in [9.17, 15) is 22.0 Å². The van der Waals surface area contributed by atoms with E-state index in [2.05, 4.69) is 5.32 Å². The van der Waals surface area contributed by atoms with Gasteiger partial charge in [-0.15, -0.1) is 0 Å². The number of anilines is 1. The van der Waals surface area contributed by atoms with Crippen molar-refractivity contribution in [1.29, 1.82) is 0 Å². The average molecular weight is 417 g/mol. The van der Waals surface area contributed by atoms with E-state index in [0.717, 1.165) is 55.3 Å². The number of nitrogens with one attached hydrogen (secondary N) is 1. The van der Waals surface area contributed by atoms with Gasteiger partial charge in [-0.05, 0) is 49.6 Å². The molecule has 5 nitrogen and oxygen atoms in total. The number of sulfonamides is 1. The van der Waals surface area contributed by atoms with Crippen molar-refractivity contribution < 1.29 is 22.0 Å². The van der Waals surface area contributed by atoms with Crippen LogP contribution in [0, 0.1) is 0 Å². The first-order valence-electron chi connectivity index (χ1n) is 9.57. The summed E-state index contributed by atoms with van der Waals surface area (Å²) >= 11 is 0. The van der Waals surface area contributed by atoms with Crippen LogP contribution in [0.15, 0.2) is 41.3 Å². The van der Waals surface area contributed by atoms with Crippen molar-refractivity contribution in [3.05, 3.63) is 36.4 Å². The van der Waals surface area contributed by atoms with Crippen LogP contribution in [-0.2, 0) is 14.8 Å². The van der Waals surface area contributed by atoms with E-state index in [0.29, 0.717) is 18.5 Å². The largest absolute Gasteiger partial charge is 0.326 e. The molecule has 158 valence electrons. The summed E-state index contributed by atoms with van der Waals surface area (Å²) in [4.78, 5) is 12.1. The van der Waals surface area contributed by atoms with E-state index in [1.807, 2.05) is 0 Å². The number of unbranched alkanes of at least 4 members (excludes halogenated alkanes) is 7. The lowest BCUT2D eigenvalue weighted by Gasteiger charge is -2.12. The van der Waals surface area contributed by atoms with Crippen LogP contribution in [0.3, 0.4) is 0 Å². The maximum Gasteiger partial charge on any atom is 0.266 e. The number of benzene rings is 1. The number of hydrogen-bond acceptors (Lipinski definition) is 3. The summed E-state index contributed by atoms with van der Waals surface area (Å²) in [6.07, 6.45) is 6.78. The fourth-order valence-electron chi connectivity index (χ4n) is 2.67. The van der Waals surface area contributed by atoms with E-state index < -0.39 is 16.1 Å². The molecule has 0 aliphatic rings. The minimum absolute atomic E-state index is 0.0942. The zero-order chi connectivity index (χ0) is 21.0. The molecule has 0 spiro atoms. The second-order valence-electron chi connectivity index (χ2n) is 6.87. The standard InChI is InChI=1S/C20H30F2N2O3S/c1-24(2)28(26,27)18-15-13-17(14-16-18)23-20(25)12-10-8-6-4-3-5-7-9-11-19(21)22/h11,13-16H,3-10,12H2,1-2H3,(H,23,25). The molecular formula is C20H30F2N2O3S. The predicted octanol–water partition coefficient (Wildman–Crippen LogP) is 5.17. The maximum absolute atomic E-state index is 12.0. The van der Waals surface area contributed by atoms with Crippen LogP contribution in [0.25, 0.3) is 0 Å². The lowest BCUT2D eigenvalue weighted by Crippen LogP contribution is -2.22. The van der Waals surface area contributed by atoms with Crippen LogP contribution >= 0.6 is 0 Å². The van der Waals surface area contributed by atoms with Crippen molar-refractivity contribution in [3.8, 4) is 0 Å². The van der Waals surface area contributed by atoms with Gasteiger partial charge < -0.3 is 5.32 Å². The molecule has 0 bridgehead atoms. The Bertz CT molecular complexity index is 728. The van der Waals surface area contributed by atoms with Crippen molar-refractivity contribution in [2.45, 2.75) is 62.7 Å². The van der Waals surface area contributed by atoms with E-state index in [4.69, 9.17) is 0 Å². The third-order valence-electron chi connectivity index (χ3n) is 4.32. The fourth-order valence-corrected chi connectivity index (χ4v) is 3.57. The number of amides is 1. The summed E-state index contributed by atoms with van der Waals surface area (Å²) in [5.74, 6) is -0.0942. The Morgan fingerprint density at radius 1 is 0.964 bits per heavy atom. The van der Waals surface area contributed by atoms with Gasteiger partial charge in [-0.2, -0.15) is 8.78 Å². The molecule has 0 saturated heterocycles. The molecule has 28 heavy (non-hydrogen) atoms. The zero-order valence-electron chi connectivity index (χ0n) is 16.6. The Kier molecular flexibility index (Phi) is 10.9. The quantitative estimate of drug-likeness (QED) is 0.451. The summed E-state index contributed by atoms with van der Waals surface area (Å²) in [5.41, 5.74) is 0.571. The normalized spacial score (nSPS) is 11.5. The van der Waals surface area contributed by atoms with Crippen LogP contribution in [0.5, 0.6) is 0 Å². The third kappa shape index (κ3) is 9.41. The van der Waals surface area contributed by atoms with Crippen LogP contribution < -0.4 is 5.32 Å². The van der Waals surface area contributed by atoms with E-state index >= 15 is 0 Å². The van der Waals surface area contributed by atoms with Crippen molar-refractivity contribution in [2.75, 3.05) is 19.4 Å². The molecule has 0 unspecified atom stereocenters. The Hall–Kier alpha value is -1.80. The van der Waals surface area contributed by atoms with Crippen LogP contribution in [0.4, 0.5) is 14.5 Å². The molecule has 0 heterocycles. The molecule has 0 aliphatic heterocycles. The van der Waals surface area contributed by atoms with Crippen molar-refractivity contribution in [1.82, 2.24) is 4.31 Å². The van der Waals surface area contributed by atoms with Gasteiger partial charge in [-0.25, -0.2) is 12.7 Å². The zero-order valence-corrected chi connectivity index (χ0v) is 17.4. The monoisotopic (exact) mass is 416 g/mol. The van der Waals surface area contributed by atoms with Crippen LogP contribution in [0.2, 0.25) is 0 Å². The van der Waals surface area contributed by atoms with Crippen molar-refractivity contribution in [3.63, 3.8) is 0 Å². The first-order valence-corrected chi connectivity index (χ1v) is 11.0. The van der Waals surface area contributed by atoms with Gasteiger partial charge in [0.1, 0.15) is 0 Å². The first-order chi connectivity index (χ1) is 13.2. The molecule has 0 radical (unpaired) electrons. The number of carbonyl (C=O) groups excluding carboxylic acids is 1. The molecule has 8 heteroatoms. The molecule has 0 saturated carbocycles. The highest BCUT2D eigenvalue weighted by atomic mass is 32.2. The number of halogens is 2. The smallest absolute Gasteiger partial charge is 0.266 e. The Labute approximate surface area is 166 Å². The van der Waals surface area contributed by atoms with Gasteiger partial charge in [-0.1, -0.05) is 32.1 Å². The maximum atomic E-state index is 12.0. The summed E-state index contributed by atoms with van der Waals surface area (Å²) in [5, 5.41) is 2.77. The topological polar surface area (TPSA) is 66.5 Å². The lowest BCUT2D eigenvalue weighted by molar-refractivity contribution is -0.116. The summed E-state index contributed by atoms with van der Waals surface area (Å²) in [6, 6.07) is 6.11. The summed E-state index contributed by atoms with van der Waals surface area (Å²) < 4.78 is 48.8. The van der Waals surface area contributed by atoms with Crippen LogP contribution in [-0.4, -0.2) is 32.7 Å². The second-order valence-corrected chi connectivity index (χ2v) is 9.02. The van der Waals surface area contributed by atoms with Gasteiger partial charge in [-0.3, -0.25) is 4.79 Å². The number of hydrogen-bond donors (Lipinski definition) is 1. The minimum Gasteiger partial charge on any atom is -0.326 e. The number of rotatable bonds is 13. The third-order valence-corrected chi connectivity index (χ3v) is 6.15. The Morgan fingerprint density at radius 3 is 2.04 bits per heavy atom. The molecule has 1 aromatic rings. The highest BCUT2D eigenvalue weighted by Crippen LogP contribution is 2.17. The van der Waals surface area contributed by atoms with E-state index in [1.165, 1.54) is 26.2 Å². The highest BCUT2D eigenvalue weighted by Gasteiger charge is 2.16. The fraction of sp³-hybridized carbons (Fsp3) is 0.550. The van der Waals surface area contributed by atoms with Gasteiger partial charge in [0.25, 0.3) is 6.08 Å². The number of allylic oxidation sites excluding steroid dienone is 1. The number of nitrogens with zero attached hydrogens (tertiary/aromatic N) is 1. The average Bonchev–Trinajstić information content (AvgIpc) is 2.63. The minimum atomic E-state index is -3.47. The molecule has 0 aliphatic carbocycles. The second kappa shape index (κ2) is 12.6. The molecule has 0 atom stereocenters. The van der Waals surface area contributed by atoms with Gasteiger partial charge in [0.05, 0.1) is 4.90 Å². The van der Waals surface area contributed by atoms with Gasteiger partial charge in [0.15, 0.2) is 0 Å². The first kappa shape index (κ1) is 24.2. The Morgan fingerprint density at radius 2 is 1.50 bits per heavy atom. The molecule has 0 fully saturated rings. The van der Waals surface area contributed by atoms with Crippen molar-refractivity contribution in [2.24, 2.45) is 0 Å².